The molecule has 3 atom stereocenters. The number of hydrogen-bond acceptors (Lipinski definition) is 5. The second-order valence-electron chi connectivity index (χ2n) is 9.22. The molecular formula is C22H35NO5Si. The van der Waals surface area contributed by atoms with Gasteiger partial charge in [0.05, 0.1) is 12.0 Å². The SMILES string of the molecule is C=CC[Si](C)(C)O[C@H]1C(=C)C2=CCCN(C(=O)OCC)[C@@H]2[C@@H]1OC(=O)C(C)(C)C. The Morgan fingerprint density at radius 1 is 1.34 bits per heavy atom. The summed E-state index contributed by atoms with van der Waals surface area (Å²) in [6, 6.07) is 0.322. The minimum atomic E-state index is -2.11. The molecule has 29 heavy (non-hydrogen) atoms. The van der Waals surface area contributed by atoms with Crippen molar-refractivity contribution in [3.63, 3.8) is 0 Å². The highest BCUT2D eigenvalue weighted by atomic mass is 28.4. The van der Waals surface area contributed by atoms with Crippen molar-refractivity contribution in [3.8, 4) is 0 Å². The van der Waals surface area contributed by atoms with E-state index in [1.165, 1.54) is 0 Å². The van der Waals surface area contributed by atoms with Crippen molar-refractivity contribution >= 4 is 20.4 Å². The molecule has 1 heterocycles. The Hall–Kier alpha value is -1.86. The van der Waals surface area contributed by atoms with Crippen LogP contribution < -0.4 is 0 Å². The van der Waals surface area contributed by atoms with Crippen LogP contribution in [0, 0.1) is 5.41 Å². The van der Waals surface area contributed by atoms with Crippen molar-refractivity contribution in [2.24, 2.45) is 5.41 Å². The maximum absolute atomic E-state index is 12.8. The summed E-state index contributed by atoms with van der Waals surface area (Å²) in [5, 5.41) is 0. The Kier molecular flexibility index (Phi) is 7.17. The van der Waals surface area contributed by atoms with Crippen molar-refractivity contribution in [2.45, 2.75) is 71.5 Å². The normalized spacial score (nSPS) is 24.6. The summed E-state index contributed by atoms with van der Waals surface area (Å²) in [6.45, 7) is 20.3. The first-order valence-corrected chi connectivity index (χ1v) is 13.4. The number of rotatable bonds is 6. The molecule has 7 heteroatoms. The summed E-state index contributed by atoms with van der Waals surface area (Å²) in [5.74, 6) is -0.331. The molecule has 0 unspecified atom stereocenters. The zero-order valence-electron chi connectivity index (χ0n) is 18.6. The average molecular weight is 422 g/mol. The third kappa shape index (κ3) is 5.20. The molecular weight excluding hydrogens is 386 g/mol. The molecule has 0 aromatic heterocycles. The highest BCUT2D eigenvalue weighted by Crippen LogP contribution is 2.42. The van der Waals surface area contributed by atoms with Crippen LogP contribution in [0.15, 0.2) is 36.5 Å². The first-order chi connectivity index (χ1) is 13.4. The fourth-order valence-electron chi connectivity index (χ4n) is 3.71. The molecule has 2 rings (SSSR count). The highest BCUT2D eigenvalue weighted by molar-refractivity contribution is 6.71. The van der Waals surface area contributed by atoms with E-state index in [2.05, 4.69) is 32.3 Å². The first kappa shape index (κ1) is 23.4. The van der Waals surface area contributed by atoms with Crippen LogP contribution in [-0.4, -0.2) is 56.7 Å². The molecule has 1 saturated carbocycles. The number of ether oxygens (including phenoxy) is 2. The molecule has 0 aromatic rings. The molecule has 0 bridgehead atoms. The van der Waals surface area contributed by atoms with Gasteiger partial charge in [0.15, 0.2) is 14.4 Å². The minimum absolute atomic E-state index is 0.285. The van der Waals surface area contributed by atoms with Gasteiger partial charge in [-0.05, 0) is 64.4 Å². The van der Waals surface area contributed by atoms with Gasteiger partial charge in [-0.3, -0.25) is 9.69 Å². The van der Waals surface area contributed by atoms with Crippen molar-refractivity contribution in [3.05, 3.63) is 36.5 Å². The minimum Gasteiger partial charge on any atom is -0.456 e. The molecule has 1 aliphatic carbocycles. The van der Waals surface area contributed by atoms with Crippen LogP contribution in [0.2, 0.25) is 19.1 Å². The molecule has 0 spiro atoms. The number of carbonyl (C=O) groups excluding carboxylic acids is 2. The summed E-state index contributed by atoms with van der Waals surface area (Å²) >= 11 is 0. The van der Waals surface area contributed by atoms with Gasteiger partial charge in [0.1, 0.15) is 12.1 Å². The van der Waals surface area contributed by atoms with Crippen LogP contribution in [0.3, 0.4) is 0 Å². The molecule has 1 fully saturated rings. The topological polar surface area (TPSA) is 65.1 Å². The number of carbonyl (C=O) groups is 2. The molecule has 1 amide bonds. The molecule has 1 aliphatic heterocycles. The average Bonchev–Trinajstić information content (AvgIpc) is 2.86. The van der Waals surface area contributed by atoms with Crippen LogP contribution in [0.25, 0.3) is 0 Å². The van der Waals surface area contributed by atoms with Crippen LogP contribution in [0.5, 0.6) is 0 Å². The Morgan fingerprint density at radius 3 is 2.55 bits per heavy atom. The number of hydrogen-bond donors (Lipinski definition) is 0. The Bertz CT molecular complexity index is 706. The van der Waals surface area contributed by atoms with Gasteiger partial charge in [0, 0.05) is 6.54 Å². The standard InChI is InChI=1S/C22H35NO5Si/c1-9-14-29(7,8)28-18-15(3)16-12-11-13-23(21(25)26-10-2)17(16)19(18)27-20(24)22(4,5)6/h9,12,17-19H,1,3,10-11,13-14H2,2,4-8H3/t17-,18-,19-/m0/s1. The molecule has 0 radical (unpaired) electrons. The Morgan fingerprint density at radius 2 is 2.00 bits per heavy atom. The van der Waals surface area contributed by atoms with Crippen LogP contribution >= 0.6 is 0 Å². The largest absolute Gasteiger partial charge is 0.456 e. The van der Waals surface area contributed by atoms with Crippen molar-refractivity contribution < 1.29 is 23.5 Å². The summed E-state index contributed by atoms with van der Waals surface area (Å²) < 4.78 is 17.8. The maximum Gasteiger partial charge on any atom is 0.410 e. The second kappa shape index (κ2) is 8.88. The Balaban J connectivity index is 2.44. The van der Waals surface area contributed by atoms with Gasteiger partial charge in [0.25, 0.3) is 0 Å². The summed E-state index contributed by atoms with van der Waals surface area (Å²) in [6.07, 6.45) is 3.08. The fraction of sp³-hybridized carbons (Fsp3) is 0.636. The van der Waals surface area contributed by atoms with E-state index in [9.17, 15) is 9.59 Å². The van der Waals surface area contributed by atoms with E-state index in [1.807, 2.05) is 26.8 Å². The monoisotopic (exact) mass is 421 g/mol. The zero-order chi connectivity index (χ0) is 22.0. The predicted octanol–water partition coefficient (Wildman–Crippen LogP) is 4.45. The van der Waals surface area contributed by atoms with Gasteiger partial charge in [-0.15, -0.1) is 6.58 Å². The van der Waals surface area contributed by atoms with E-state index in [0.29, 0.717) is 13.0 Å². The van der Waals surface area contributed by atoms with E-state index in [-0.39, 0.29) is 12.6 Å². The van der Waals surface area contributed by atoms with Crippen molar-refractivity contribution in [2.75, 3.05) is 13.2 Å². The first-order valence-electron chi connectivity index (χ1n) is 10.3. The molecule has 6 nitrogen and oxygen atoms in total. The summed E-state index contributed by atoms with van der Waals surface area (Å²) in [7, 11) is -2.11. The predicted molar refractivity (Wildman–Crippen MR) is 116 cm³/mol. The van der Waals surface area contributed by atoms with E-state index in [4.69, 9.17) is 13.9 Å². The number of esters is 1. The van der Waals surface area contributed by atoms with Gasteiger partial charge < -0.3 is 13.9 Å². The van der Waals surface area contributed by atoms with E-state index >= 15 is 0 Å². The van der Waals surface area contributed by atoms with Crippen molar-refractivity contribution in [1.82, 2.24) is 4.90 Å². The molecule has 2 aliphatic rings. The Labute approximate surface area is 175 Å². The van der Waals surface area contributed by atoms with E-state index in [0.717, 1.165) is 17.2 Å². The van der Waals surface area contributed by atoms with Crippen molar-refractivity contribution in [1.29, 1.82) is 0 Å². The summed E-state index contributed by atoms with van der Waals surface area (Å²) in [5.41, 5.74) is 1.01. The number of allylic oxidation sites excluding steroid dienone is 1. The van der Waals surface area contributed by atoms with Crippen LogP contribution in [0.1, 0.15) is 34.1 Å². The lowest BCUT2D eigenvalue weighted by Gasteiger charge is -2.37. The van der Waals surface area contributed by atoms with Gasteiger partial charge in [-0.2, -0.15) is 0 Å². The zero-order valence-corrected chi connectivity index (χ0v) is 19.6. The third-order valence-corrected chi connectivity index (χ3v) is 7.32. The summed E-state index contributed by atoms with van der Waals surface area (Å²) in [4.78, 5) is 27.1. The number of fused-ring (bicyclic) bond motifs is 1. The smallest absolute Gasteiger partial charge is 0.410 e. The molecule has 0 aromatic carbocycles. The molecule has 0 saturated heterocycles. The quantitative estimate of drug-likeness (QED) is 0.360. The van der Waals surface area contributed by atoms with Gasteiger partial charge >= 0.3 is 12.1 Å². The lowest BCUT2D eigenvalue weighted by Crippen LogP contribution is -2.53. The van der Waals surface area contributed by atoms with E-state index < -0.39 is 38.1 Å². The maximum atomic E-state index is 12.8. The van der Waals surface area contributed by atoms with Gasteiger partial charge in [-0.25, -0.2) is 4.79 Å². The molecule has 0 N–H and O–H groups in total. The van der Waals surface area contributed by atoms with Gasteiger partial charge in [-0.1, -0.05) is 18.7 Å². The van der Waals surface area contributed by atoms with Crippen LogP contribution in [0.4, 0.5) is 4.79 Å². The fourth-order valence-corrected chi connectivity index (χ4v) is 5.46. The van der Waals surface area contributed by atoms with E-state index in [1.54, 1.807) is 11.8 Å². The number of nitrogens with zero attached hydrogens (tertiary/aromatic N) is 1. The molecule has 162 valence electrons. The third-order valence-electron chi connectivity index (χ3n) is 5.15. The highest BCUT2D eigenvalue weighted by Gasteiger charge is 2.53. The number of amides is 1. The lowest BCUT2D eigenvalue weighted by atomic mass is 9.97. The van der Waals surface area contributed by atoms with Crippen LogP contribution in [-0.2, 0) is 18.7 Å². The second-order valence-corrected chi connectivity index (χ2v) is 13.4. The van der Waals surface area contributed by atoms with Gasteiger partial charge in [0.2, 0.25) is 0 Å². The lowest BCUT2D eigenvalue weighted by molar-refractivity contribution is -0.164.